The summed E-state index contributed by atoms with van der Waals surface area (Å²) in [6.07, 6.45) is 1.86. The van der Waals surface area contributed by atoms with Crippen molar-refractivity contribution in [3.63, 3.8) is 0 Å². The highest BCUT2D eigenvalue weighted by Crippen LogP contribution is 2.37. The quantitative estimate of drug-likeness (QED) is 0.839. The number of aryl methyl sites for hydroxylation is 1. The number of hydrogen-bond acceptors (Lipinski definition) is 4. The zero-order valence-corrected chi connectivity index (χ0v) is 12.7. The van der Waals surface area contributed by atoms with E-state index in [1.165, 1.54) is 0 Å². The smallest absolute Gasteiger partial charge is 0.167 e. The number of carbonyl (C=O) groups excluding carboxylic acids is 1. The summed E-state index contributed by atoms with van der Waals surface area (Å²) in [7, 11) is 4.01. The lowest BCUT2D eigenvalue weighted by molar-refractivity contribution is 0.0875. The van der Waals surface area contributed by atoms with Crippen LogP contribution in [0.5, 0.6) is 11.5 Å². The van der Waals surface area contributed by atoms with Crippen LogP contribution in [-0.2, 0) is 6.42 Å². The van der Waals surface area contributed by atoms with Crippen LogP contribution in [0.1, 0.15) is 22.3 Å². The standard InChI is InChI=1S/C15H19NO3.ClH/c1-16(2)9-11-4-3-10-7-13-14(19-6-5-18-13)8-12(10)15(11)17;/h7-8,11H,3-6,9H2,1-2H3;1H. The van der Waals surface area contributed by atoms with Gasteiger partial charge in [-0.25, -0.2) is 0 Å². The average molecular weight is 298 g/mol. The largest absolute Gasteiger partial charge is 0.486 e. The molecule has 0 N–H and O–H groups in total. The molecule has 0 fully saturated rings. The van der Waals surface area contributed by atoms with Gasteiger partial charge in [-0.3, -0.25) is 4.79 Å². The van der Waals surface area contributed by atoms with Crippen molar-refractivity contribution in [1.82, 2.24) is 4.90 Å². The Morgan fingerprint density at radius 3 is 2.50 bits per heavy atom. The lowest BCUT2D eigenvalue weighted by Crippen LogP contribution is -2.32. The zero-order valence-electron chi connectivity index (χ0n) is 11.8. The van der Waals surface area contributed by atoms with Gasteiger partial charge in [0.1, 0.15) is 13.2 Å². The molecule has 0 spiro atoms. The molecule has 0 amide bonds. The molecule has 5 heteroatoms. The molecule has 0 saturated carbocycles. The minimum atomic E-state index is 0. The Balaban J connectivity index is 0.00000147. The molecule has 1 aliphatic heterocycles. The van der Waals surface area contributed by atoms with Crippen molar-refractivity contribution in [2.75, 3.05) is 33.9 Å². The lowest BCUT2D eigenvalue weighted by atomic mass is 9.82. The van der Waals surface area contributed by atoms with Crippen molar-refractivity contribution in [1.29, 1.82) is 0 Å². The van der Waals surface area contributed by atoms with E-state index in [2.05, 4.69) is 4.90 Å². The van der Waals surface area contributed by atoms with Gasteiger partial charge in [-0.05, 0) is 44.6 Å². The Hall–Kier alpha value is -1.26. The topological polar surface area (TPSA) is 38.8 Å². The molecule has 1 aromatic rings. The first-order chi connectivity index (χ1) is 9.15. The van der Waals surface area contributed by atoms with E-state index in [9.17, 15) is 4.79 Å². The van der Waals surface area contributed by atoms with Crippen LogP contribution >= 0.6 is 12.4 Å². The van der Waals surface area contributed by atoms with Gasteiger partial charge in [0.05, 0.1) is 0 Å². The lowest BCUT2D eigenvalue weighted by Gasteiger charge is -2.28. The van der Waals surface area contributed by atoms with Crippen LogP contribution < -0.4 is 9.47 Å². The van der Waals surface area contributed by atoms with Crippen LogP contribution in [0.15, 0.2) is 12.1 Å². The van der Waals surface area contributed by atoms with Crippen LogP contribution in [0, 0.1) is 5.92 Å². The van der Waals surface area contributed by atoms with Gasteiger partial charge < -0.3 is 14.4 Å². The molecule has 1 aliphatic carbocycles. The third-order valence-corrected chi connectivity index (χ3v) is 3.75. The van der Waals surface area contributed by atoms with Crippen molar-refractivity contribution < 1.29 is 14.3 Å². The number of carbonyl (C=O) groups is 1. The van der Waals surface area contributed by atoms with Gasteiger partial charge in [0.2, 0.25) is 0 Å². The van der Waals surface area contributed by atoms with E-state index < -0.39 is 0 Å². The van der Waals surface area contributed by atoms with Gasteiger partial charge in [-0.1, -0.05) is 0 Å². The minimum Gasteiger partial charge on any atom is -0.486 e. The van der Waals surface area contributed by atoms with E-state index in [0.29, 0.717) is 19.0 Å². The van der Waals surface area contributed by atoms with Crippen molar-refractivity contribution in [2.24, 2.45) is 5.92 Å². The zero-order chi connectivity index (χ0) is 13.4. The maximum Gasteiger partial charge on any atom is 0.167 e. The molecule has 0 radical (unpaired) electrons. The first-order valence-corrected chi connectivity index (χ1v) is 6.76. The Labute approximate surface area is 125 Å². The molecule has 110 valence electrons. The normalized spacial score (nSPS) is 20.4. The highest BCUT2D eigenvalue weighted by Gasteiger charge is 2.29. The molecular formula is C15H20ClNO3. The molecule has 1 aromatic carbocycles. The van der Waals surface area contributed by atoms with E-state index >= 15 is 0 Å². The number of hydrogen-bond donors (Lipinski definition) is 0. The molecule has 1 unspecified atom stereocenters. The number of Topliss-reactive ketones (excluding diaryl/α,β-unsaturated/α-hetero) is 1. The Morgan fingerprint density at radius 2 is 1.85 bits per heavy atom. The van der Waals surface area contributed by atoms with E-state index in [0.717, 1.165) is 36.3 Å². The van der Waals surface area contributed by atoms with Gasteiger partial charge >= 0.3 is 0 Å². The summed E-state index contributed by atoms with van der Waals surface area (Å²) in [6.45, 7) is 1.96. The fourth-order valence-electron chi connectivity index (χ4n) is 2.86. The molecule has 20 heavy (non-hydrogen) atoms. The number of halogens is 1. The minimum absolute atomic E-state index is 0. The SMILES string of the molecule is CN(C)CC1CCc2cc3c(cc2C1=O)OCCO3.Cl. The molecule has 1 heterocycles. The summed E-state index contributed by atoms with van der Waals surface area (Å²) < 4.78 is 11.1. The predicted molar refractivity (Wildman–Crippen MR) is 79.4 cm³/mol. The van der Waals surface area contributed by atoms with Crippen molar-refractivity contribution in [3.05, 3.63) is 23.3 Å². The molecule has 1 atom stereocenters. The molecule has 0 aromatic heterocycles. The van der Waals surface area contributed by atoms with Crippen molar-refractivity contribution in [2.45, 2.75) is 12.8 Å². The van der Waals surface area contributed by atoms with E-state index in [4.69, 9.17) is 9.47 Å². The summed E-state index contributed by atoms with van der Waals surface area (Å²) in [5.41, 5.74) is 1.92. The number of benzene rings is 1. The maximum atomic E-state index is 12.5. The number of ether oxygens (including phenoxy) is 2. The third kappa shape index (κ3) is 2.76. The summed E-state index contributed by atoms with van der Waals surface area (Å²) in [6, 6.07) is 3.85. The molecule has 0 bridgehead atoms. The fraction of sp³-hybridized carbons (Fsp3) is 0.533. The van der Waals surface area contributed by atoms with Gasteiger partial charge in [0.15, 0.2) is 17.3 Å². The maximum absolute atomic E-state index is 12.5. The summed E-state index contributed by atoms with van der Waals surface area (Å²) in [4.78, 5) is 14.6. The number of nitrogens with zero attached hydrogens (tertiary/aromatic N) is 1. The predicted octanol–water partition coefficient (Wildman–Crippen LogP) is 2.19. The molecular weight excluding hydrogens is 278 g/mol. The Morgan fingerprint density at radius 1 is 1.20 bits per heavy atom. The summed E-state index contributed by atoms with van der Waals surface area (Å²) >= 11 is 0. The van der Waals surface area contributed by atoms with Gasteiger partial charge in [0, 0.05) is 18.0 Å². The Kier molecular flexibility index (Phi) is 4.55. The van der Waals surface area contributed by atoms with Crippen molar-refractivity contribution >= 4 is 18.2 Å². The van der Waals surface area contributed by atoms with Crippen LogP contribution in [0.2, 0.25) is 0 Å². The average Bonchev–Trinajstić information content (AvgIpc) is 2.40. The van der Waals surface area contributed by atoms with Crippen LogP contribution in [0.25, 0.3) is 0 Å². The van der Waals surface area contributed by atoms with E-state index in [-0.39, 0.29) is 24.1 Å². The second-order valence-corrected chi connectivity index (χ2v) is 5.52. The van der Waals surface area contributed by atoms with Crippen LogP contribution in [0.3, 0.4) is 0 Å². The van der Waals surface area contributed by atoms with E-state index in [1.807, 2.05) is 26.2 Å². The van der Waals surface area contributed by atoms with Gasteiger partial charge in [-0.15, -0.1) is 12.4 Å². The molecule has 4 nitrogen and oxygen atoms in total. The number of fused-ring (bicyclic) bond motifs is 2. The molecule has 2 aliphatic rings. The van der Waals surface area contributed by atoms with E-state index in [1.54, 1.807) is 0 Å². The number of ketones is 1. The summed E-state index contributed by atoms with van der Waals surface area (Å²) in [5, 5.41) is 0. The van der Waals surface area contributed by atoms with Crippen molar-refractivity contribution in [3.8, 4) is 11.5 Å². The first-order valence-electron chi connectivity index (χ1n) is 6.76. The van der Waals surface area contributed by atoms with Crippen LogP contribution in [-0.4, -0.2) is 44.5 Å². The van der Waals surface area contributed by atoms with Gasteiger partial charge in [-0.2, -0.15) is 0 Å². The molecule has 3 rings (SSSR count). The first kappa shape index (κ1) is 15.1. The number of rotatable bonds is 2. The second-order valence-electron chi connectivity index (χ2n) is 5.52. The monoisotopic (exact) mass is 297 g/mol. The summed E-state index contributed by atoms with van der Waals surface area (Å²) in [5.74, 6) is 1.84. The third-order valence-electron chi connectivity index (χ3n) is 3.75. The van der Waals surface area contributed by atoms with Gasteiger partial charge in [0.25, 0.3) is 0 Å². The second kappa shape index (κ2) is 6.02. The molecule has 0 saturated heterocycles. The fourth-order valence-corrected chi connectivity index (χ4v) is 2.86. The Bertz CT molecular complexity index is 516. The highest BCUT2D eigenvalue weighted by atomic mass is 35.5. The highest BCUT2D eigenvalue weighted by molar-refractivity contribution is 6.01. The van der Waals surface area contributed by atoms with Crippen LogP contribution in [0.4, 0.5) is 0 Å².